The lowest BCUT2D eigenvalue weighted by Crippen LogP contribution is -2.06. The number of benzene rings is 2. The second kappa shape index (κ2) is 6.34. The normalized spacial score (nSPS) is 10.8. The van der Waals surface area contributed by atoms with Gasteiger partial charge in [0.25, 0.3) is 0 Å². The summed E-state index contributed by atoms with van der Waals surface area (Å²) in [6.07, 6.45) is 0. The summed E-state index contributed by atoms with van der Waals surface area (Å²) in [5.41, 5.74) is 3.18. The molecule has 0 fully saturated rings. The van der Waals surface area contributed by atoms with E-state index in [1.807, 2.05) is 32.0 Å². The summed E-state index contributed by atoms with van der Waals surface area (Å²) in [6.45, 7) is 4.11. The van der Waals surface area contributed by atoms with Gasteiger partial charge in [0.05, 0.1) is 5.69 Å². The highest BCUT2D eigenvalue weighted by molar-refractivity contribution is 6.31. The van der Waals surface area contributed by atoms with E-state index in [2.05, 4.69) is 20.8 Å². The molecule has 0 aliphatic rings. The molecule has 0 atom stereocenters. The maximum absolute atomic E-state index is 13.8. The van der Waals surface area contributed by atoms with Crippen LogP contribution >= 0.6 is 11.6 Å². The number of tetrazole rings is 1. The first kappa shape index (κ1) is 15.4. The topological polar surface area (TPSA) is 55.6 Å². The Morgan fingerprint density at radius 1 is 1.22 bits per heavy atom. The maximum Gasteiger partial charge on any atom is 0.153 e. The maximum atomic E-state index is 13.8. The Labute approximate surface area is 138 Å². The third-order valence-corrected chi connectivity index (χ3v) is 3.95. The van der Waals surface area contributed by atoms with Gasteiger partial charge in [0.1, 0.15) is 5.82 Å². The summed E-state index contributed by atoms with van der Waals surface area (Å²) >= 11 is 6.04. The molecule has 3 rings (SSSR count). The van der Waals surface area contributed by atoms with Gasteiger partial charge in [-0.05, 0) is 54.1 Å². The molecule has 0 amide bonds. The Kier molecular flexibility index (Phi) is 4.25. The SMILES string of the molecule is Cc1ccc(NCc2c(F)cccc2Cl)cc1-n1nnnc1C. The fraction of sp³-hybridized carbons (Fsp3) is 0.188. The van der Waals surface area contributed by atoms with Crippen LogP contribution < -0.4 is 5.32 Å². The van der Waals surface area contributed by atoms with Gasteiger partial charge in [-0.15, -0.1) is 5.10 Å². The Balaban J connectivity index is 1.86. The van der Waals surface area contributed by atoms with Crippen LogP contribution in [-0.4, -0.2) is 20.2 Å². The predicted octanol–water partition coefficient (Wildman–Crippen LogP) is 3.68. The van der Waals surface area contributed by atoms with Crippen molar-refractivity contribution in [2.24, 2.45) is 0 Å². The predicted molar refractivity (Wildman–Crippen MR) is 87.4 cm³/mol. The first-order chi connectivity index (χ1) is 11.1. The van der Waals surface area contributed by atoms with E-state index < -0.39 is 0 Å². The van der Waals surface area contributed by atoms with Gasteiger partial charge >= 0.3 is 0 Å². The molecule has 0 radical (unpaired) electrons. The van der Waals surface area contributed by atoms with Gasteiger partial charge in [0.2, 0.25) is 0 Å². The summed E-state index contributed by atoms with van der Waals surface area (Å²) in [5, 5.41) is 15.1. The van der Waals surface area contributed by atoms with E-state index in [1.54, 1.807) is 16.8 Å². The van der Waals surface area contributed by atoms with Gasteiger partial charge in [0, 0.05) is 22.8 Å². The number of hydrogen-bond acceptors (Lipinski definition) is 4. The first-order valence-electron chi connectivity index (χ1n) is 7.09. The number of nitrogens with zero attached hydrogens (tertiary/aromatic N) is 4. The van der Waals surface area contributed by atoms with E-state index in [0.29, 0.717) is 23.0 Å². The van der Waals surface area contributed by atoms with Crippen molar-refractivity contribution in [1.29, 1.82) is 0 Å². The second-order valence-electron chi connectivity index (χ2n) is 5.19. The lowest BCUT2D eigenvalue weighted by atomic mass is 10.1. The molecule has 0 aliphatic carbocycles. The summed E-state index contributed by atoms with van der Waals surface area (Å²) in [7, 11) is 0. The third-order valence-electron chi connectivity index (χ3n) is 3.59. The minimum atomic E-state index is -0.325. The fourth-order valence-electron chi connectivity index (χ4n) is 2.29. The van der Waals surface area contributed by atoms with Crippen molar-refractivity contribution < 1.29 is 4.39 Å². The van der Waals surface area contributed by atoms with Crippen LogP contribution in [0.3, 0.4) is 0 Å². The Bertz CT molecular complexity index is 826. The van der Waals surface area contributed by atoms with Crippen molar-refractivity contribution in [2.45, 2.75) is 20.4 Å². The number of rotatable bonds is 4. The summed E-state index contributed by atoms with van der Waals surface area (Å²) in [4.78, 5) is 0. The van der Waals surface area contributed by atoms with Crippen LogP contribution in [0.2, 0.25) is 5.02 Å². The van der Waals surface area contributed by atoms with Crippen LogP contribution in [0, 0.1) is 19.7 Å². The van der Waals surface area contributed by atoms with Crippen molar-refractivity contribution in [3.63, 3.8) is 0 Å². The van der Waals surface area contributed by atoms with Crippen LogP contribution in [0.15, 0.2) is 36.4 Å². The lowest BCUT2D eigenvalue weighted by Gasteiger charge is -2.12. The zero-order valence-electron chi connectivity index (χ0n) is 12.7. The van der Waals surface area contributed by atoms with Crippen molar-refractivity contribution in [1.82, 2.24) is 20.2 Å². The lowest BCUT2D eigenvalue weighted by molar-refractivity contribution is 0.613. The van der Waals surface area contributed by atoms with E-state index >= 15 is 0 Å². The van der Waals surface area contributed by atoms with Crippen LogP contribution in [0.1, 0.15) is 17.0 Å². The standard InChI is InChI=1S/C16H15ClFN5/c1-10-6-7-12(8-16(10)23-11(2)20-21-22-23)19-9-13-14(17)4-3-5-15(13)18/h3-8,19H,9H2,1-2H3. The van der Waals surface area contributed by atoms with Crippen LogP contribution in [-0.2, 0) is 6.54 Å². The Hall–Kier alpha value is -2.47. The quantitative estimate of drug-likeness (QED) is 0.792. The molecule has 3 aromatic rings. The number of aryl methyl sites for hydroxylation is 2. The van der Waals surface area contributed by atoms with Gasteiger partial charge in [0.15, 0.2) is 5.82 Å². The van der Waals surface area contributed by atoms with Gasteiger partial charge in [-0.3, -0.25) is 0 Å². The molecular weight excluding hydrogens is 317 g/mol. The molecule has 0 saturated heterocycles. The highest BCUT2D eigenvalue weighted by Crippen LogP contribution is 2.23. The van der Waals surface area contributed by atoms with Gasteiger partial charge in [-0.1, -0.05) is 23.7 Å². The molecule has 1 heterocycles. The highest BCUT2D eigenvalue weighted by atomic mass is 35.5. The van der Waals surface area contributed by atoms with E-state index in [0.717, 1.165) is 16.9 Å². The second-order valence-corrected chi connectivity index (χ2v) is 5.60. The number of nitrogens with one attached hydrogen (secondary N) is 1. The van der Waals surface area contributed by atoms with E-state index in [4.69, 9.17) is 11.6 Å². The van der Waals surface area contributed by atoms with Crippen molar-refractivity contribution in [3.05, 3.63) is 64.2 Å². The molecule has 0 unspecified atom stereocenters. The van der Waals surface area contributed by atoms with E-state index in [9.17, 15) is 4.39 Å². The largest absolute Gasteiger partial charge is 0.381 e. The minimum absolute atomic E-state index is 0.294. The van der Waals surface area contributed by atoms with Crippen LogP contribution in [0.4, 0.5) is 10.1 Å². The fourth-order valence-corrected chi connectivity index (χ4v) is 2.52. The van der Waals surface area contributed by atoms with Crippen molar-refractivity contribution in [3.8, 4) is 5.69 Å². The molecule has 1 aromatic heterocycles. The molecule has 118 valence electrons. The van der Waals surface area contributed by atoms with E-state index in [1.165, 1.54) is 6.07 Å². The molecule has 7 heteroatoms. The monoisotopic (exact) mass is 331 g/mol. The van der Waals surface area contributed by atoms with Gasteiger partial charge in [-0.2, -0.15) is 4.68 Å². The highest BCUT2D eigenvalue weighted by Gasteiger charge is 2.10. The number of anilines is 1. The van der Waals surface area contributed by atoms with Crippen LogP contribution in [0.5, 0.6) is 0 Å². The summed E-state index contributed by atoms with van der Waals surface area (Å²) in [6, 6.07) is 10.5. The zero-order valence-corrected chi connectivity index (χ0v) is 13.5. The van der Waals surface area contributed by atoms with E-state index in [-0.39, 0.29) is 5.82 Å². The molecule has 0 spiro atoms. The molecule has 5 nitrogen and oxygen atoms in total. The van der Waals surface area contributed by atoms with Gasteiger partial charge in [-0.25, -0.2) is 4.39 Å². The smallest absolute Gasteiger partial charge is 0.153 e. The average molecular weight is 332 g/mol. The Morgan fingerprint density at radius 2 is 2.04 bits per heavy atom. The number of halogens is 2. The van der Waals surface area contributed by atoms with Gasteiger partial charge < -0.3 is 5.32 Å². The molecule has 0 bridgehead atoms. The molecule has 23 heavy (non-hydrogen) atoms. The molecule has 0 aliphatic heterocycles. The number of aromatic nitrogens is 4. The number of hydrogen-bond donors (Lipinski definition) is 1. The summed E-state index contributed by atoms with van der Waals surface area (Å²) in [5.74, 6) is 0.371. The third kappa shape index (κ3) is 3.17. The molecular formula is C16H15ClFN5. The first-order valence-corrected chi connectivity index (χ1v) is 7.47. The van der Waals surface area contributed by atoms with Crippen LogP contribution in [0.25, 0.3) is 5.69 Å². The van der Waals surface area contributed by atoms with Crippen molar-refractivity contribution >= 4 is 17.3 Å². The summed E-state index contributed by atoms with van der Waals surface area (Å²) < 4.78 is 15.5. The zero-order chi connectivity index (χ0) is 16.4. The molecule has 1 N–H and O–H groups in total. The average Bonchev–Trinajstić information content (AvgIpc) is 2.94. The van der Waals surface area contributed by atoms with Crippen molar-refractivity contribution in [2.75, 3.05) is 5.32 Å². The minimum Gasteiger partial charge on any atom is -0.381 e. The Morgan fingerprint density at radius 3 is 2.74 bits per heavy atom. The molecule has 0 saturated carbocycles. The molecule has 2 aromatic carbocycles.